The minimum absolute atomic E-state index is 0.150. The number of nitrogens with one attached hydrogen (secondary N) is 1. The fourth-order valence-corrected chi connectivity index (χ4v) is 2.75. The van der Waals surface area contributed by atoms with E-state index >= 15 is 0 Å². The number of nitrogens with zero attached hydrogens (tertiary/aromatic N) is 2. The second kappa shape index (κ2) is 5.98. The Morgan fingerprint density at radius 3 is 2.89 bits per heavy atom. The number of carbonyl (C=O) groups excluding carboxylic acids is 1. The molecule has 0 atom stereocenters. The van der Waals surface area contributed by atoms with Gasteiger partial charge < -0.3 is 5.32 Å². The Bertz CT molecular complexity index is 615. The normalized spacial score (nSPS) is 10.8. The molecule has 7 heteroatoms. The Morgan fingerprint density at radius 2 is 2.21 bits per heavy atom. The summed E-state index contributed by atoms with van der Waals surface area (Å²) in [6.07, 6.45) is 0. The molecule has 0 aliphatic rings. The van der Waals surface area contributed by atoms with Crippen LogP contribution in [0.3, 0.4) is 0 Å². The first-order chi connectivity index (χ1) is 8.99. The van der Waals surface area contributed by atoms with Gasteiger partial charge in [-0.1, -0.05) is 45.9 Å². The van der Waals surface area contributed by atoms with Crippen molar-refractivity contribution >= 4 is 50.7 Å². The van der Waals surface area contributed by atoms with Gasteiger partial charge in [-0.25, -0.2) is 0 Å². The number of anilines is 1. The van der Waals surface area contributed by atoms with E-state index in [9.17, 15) is 4.79 Å². The molecule has 1 heterocycles. The summed E-state index contributed by atoms with van der Waals surface area (Å²) in [7, 11) is 0. The molecule has 2 rings (SSSR count). The zero-order chi connectivity index (χ0) is 14.0. The number of amides is 1. The molecule has 0 aliphatic heterocycles. The lowest BCUT2D eigenvalue weighted by molar-refractivity contribution is 0.102. The zero-order valence-electron chi connectivity index (χ0n) is 10.3. The highest BCUT2D eigenvalue weighted by Crippen LogP contribution is 2.27. The van der Waals surface area contributed by atoms with Gasteiger partial charge in [-0.3, -0.25) is 4.79 Å². The number of aromatic nitrogens is 2. The maximum Gasteiger partial charge on any atom is 0.269 e. The molecule has 4 nitrogen and oxygen atoms in total. The average Bonchev–Trinajstić information content (AvgIpc) is 2.83. The van der Waals surface area contributed by atoms with E-state index in [2.05, 4.69) is 30.8 Å². The molecule has 0 radical (unpaired) electrons. The van der Waals surface area contributed by atoms with Crippen LogP contribution in [0.5, 0.6) is 0 Å². The van der Waals surface area contributed by atoms with Gasteiger partial charge in [0.2, 0.25) is 0 Å². The quantitative estimate of drug-likeness (QED) is 0.886. The number of benzene rings is 1. The highest BCUT2D eigenvalue weighted by molar-refractivity contribution is 9.10. The van der Waals surface area contributed by atoms with Crippen LogP contribution in [0.15, 0.2) is 22.7 Å². The van der Waals surface area contributed by atoms with Gasteiger partial charge in [-0.05, 0) is 35.6 Å². The molecule has 1 N–H and O–H groups in total. The van der Waals surface area contributed by atoms with E-state index in [0.717, 1.165) is 16.0 Å². The Labute approximate surface area is 128 Å². The summed E-state index contributed by atoms with van der Waals surface area (Å²) in [6, 6.07) is 5.28. The second-order valence-electron chi connectivity index (χ2n) is 4.22. The van der Waals surface area contributed by atoms with Gasteiger partial charge in [0.15, 0.2) is 0 Å². The third kappa shape index (κ3) is 3.32. The molecule has 2 aromatic rings. The predicted octanol–water partition coefficient (Wildman–Crippen LogP) is 4.33. The number of hydrogen-bond donors (Lipinski definition) is 1. The molecule has 0 fully saturated rings. The summed E-state index contributed by atoms with van der Waals surface area (Å²) in [5, 5.41) is 7.25. The molecule has 1 amide bonds. The summed E-state index contributed by atoms with van der Waals surface area (Å²) in [5.74, 6) is -0.0869. The molecule has 1 aromatic carbocycles. The fourth-order valence-electron chi connectivity index (χ4n) is 1.51. The number of carbonyl (C=O) groups is 1. The second-order valence-corrected chi connectivity index (χ2v) is 6.30. The topological polar surface area (TPSA) is 54.9 Å². The number of halogens is 2. The lowest BCUT2D eigenvalue weighted by Crippen LogP contribution is -2.13. The molecular weight excluding hydrogens is 350 g/mol. The van der Waals surface area contributed by atoms with Gasteiger partial charge in [0.1, 0.15) is 4.88 Å². The summed E-state index contributed by atoms with van der Waals surface area (Å²) in [5.41, 5.74) is 1.26. The maximum absolute atomic E-state index is 12.2. The van der Waals surface area contributed by atoms with Crippen LogP contribution in [0.1, 0.15) is 35.1 Å². The van der Waals surface area contributed by atoms with Gasteiger partial charge >= 0.3 is 0 Å². The maximum atomic E-state index is 12.2. The van der Waals surface area contributed by atoms with Crippen molar-refractivity contribution in [2.24, 2.45) is 0 Å². The SMILES string of the molecule is CC(C)c1nnsc1C(=O)Nc1cc(Br)ccc1Cl. The Kier molecular flexibility index (Phi) is 4.54. The molecule has 0 aliphatic carbocycles. The summed E-state index contributed by atoms with van der Waals surface area (Å²) in [4.78, 5) is 12.7. The fraction of sp³-hybridized carbons (Fsp3) is 0.250. The molecule has 0 saturated heterocycles. The lowest BCUT2D eigenvalue weighted by Gasteiger charge is -2.08. The van der Waals surface area contributed by atoms with Crippen LogP contribution in [0.2, 0.25) is 5.02 Å². The van der Waals surface area contributed by atoms with Crippen molar-refractivity contribution in [2.45, 2.75) is 19.8 Å². The Morgan fingerprint density at radius 1 is 1.47 bits per heavy atom. The van der Waals surface area contributed by atoms with Crippen molar-refractivity contribution in [3.8, 4) is 0 Å². The van der Waals surface area contributed by atoms with Gasteiger partial charge in [-0.2, -0.15) is 0 Å². The van der Waals surface area contributed by atoms with Gasteiger partial charge in [-0.15, -0.1) is 5.10 Å². The number of hydrogen-bond acceptors (Lipinski definition) is 4. The number of rotatable bonds is 3. The lowest BCUT2D eigenvalue weighted by atomic mass is 10.1. The predicted molar refractivity (Wildman–Crippen MR) is 81.1 cm³/mol. The smallest absolute Gasteiger partial charge is 0.269 e. The van der Waals surface area contributed by atoms with Crippen molar-refractivity contribution in [1.29, 1.82) is 0 Å². The molecule has 0 bridgehead atoms. The highest BCUT2D eigenvalue weighted by Gasteiger charge is 2.19. The average molecular weight is 361 g/mol. The summed E-state index contributed by atoms with van der Waals surface area (Å²) < 4.78 is 4.68. The first kappa shape index (κ1) is 14.4. The highest BCUT2D eigenvalue weighted by atomic mass is 79.9. The van der Waals surface area contributed by atoms with Crippen LogP contribution in [-0.4, -0.2) is 15.5 Å². The van der Waals surface area contributed by atoms with Crippen molar-refractivity contribution in [2.75, 3.05) is 5.32 Å². The van der Waals surface area contributed by atoms with Crippen LogP contribution in [0, 0.1) is 0 Å². The van der Waals surface area contributed by atoms with E-state index in [0.29, 0.717) is 21.3 Å². The Balaban J connectivity index is 2.26. The molecular formula is C12H11BrClN3OS. The minimum Gasteiger partial charge on any atom is -0.320 e. The zero-order valence-corrected chi connectivity index (χ0v) is 13.4. The molecule has 1 aromatic heterocycles. The Hall–Kier alpha value is -0.980. The molecule has 0 spiro atoms. The van der Waals surface area contributed by atoms with Crippen LogP contribution in [0.4, 0.5) is 5.69 Å². The third-order valence-corrected chi connectivity index (χ3v) is 4.01. The van der Waals surface area contributed by atoms with Crippen molar-refractivity contribution in [3.05, 3.63) is 38.3 Å². The van der Waals surface area contributed by atoms with Gasteiger partial charge in [0.25, 0.3) is 5.91 Å². The van der Waals surface area contributed by atoms with Crippen LogP contribution >= 0.6 is 39.1 Å². The van der Waals surface area contributed by atoms with E-state index in [-0.39, 0.29) is 11.8 Å². The molecule has 0 unspecified atom stereocenters. The van der Waals surface area contributed by atoms with Gasteiger partial charge in [0.05, 0.1) is 16.4 Å². The van der Waals surface area contributed by atoms with E-state index in [1.165, 1.54) is 0 Å². The molecule has 100 valence electrons. The van der Waals surface area contributed by atoms with E-state index in [1.807, 2.05) is 19.9 Å². The van der Waals surface area contributed by atoms with Crippen LogP contribution < -0.4 is 5.32 Å². The first-order valence-electron chi connectivity index (χ1n) is 5.57. The van der Waals surface area contributed by atoms with Crippen molar-refractivity contribution < 1.29 is 4.79 Å². The molecule has 0 saturated carbocycles. The van der Waals surface area contributed by atoms with Crippen molar-refractivity contribution in [3.63, 3.8) is 0 Å². The monoisotopic (exact) mass is 359 g/mol. The molecule has 19 heavy (non-hydrogen) atoms. The van der Waals surface area contributed by atoms with Crippen molar-refractivity contribution in [1.82, 2.24) is 9.59 Å². The largest absolute Gasteiger partial charge is 0.320 e. The van der Waals surface area contributed by atoms with Crippen LogP contribution in [-0.2, 0) is 0 Å². The van der Waals surface area contributed by atoms with E-state index < -0.39 is 0 Å². The third-order valence-electron chi connectivity index (χ3n) is 2.44. The summed E-state index contributed by atoms with van der Waals surface area (Å²) in [6.45, 7) is 3.94. The minimum atomic E-state index is -0.237. The van der Waals surface area contributed by atoms with E-state index in [1.54, 1.807) is 12.1 Å². The van der Waals surface area contributed by atoms with E-state index in [4.69, 9.17) is 11.6 Å². The van der Waals surface area contributed by atoms with Crippen LogP contribution in [0.25, 0.3) is 0 Å². The first-order valence-corrected chi connectivity index (χ1v) is 7.52. The standard InChI is InChI=1S/C12H11BrClN3OS/c1-6(2)10-11(19-17-16-10)12(18)15-9-5-7(13)3-4-8(9)14/h3-6H,1-2H3,(H,15,18). The van der Waals surface area contributed by atoms with Gasteiger partial charge in [0, 0.05) is 4.47 Å². The summed E-state index contributed by atoms with van der Waals surface area (Å²) >= 11 is 10.5.